The number of rotatable bonds is 46. The van der Waals surface area contributed by atoms with Gasteiger partial charge in [-0.3, -0.25) is 9.59 Å². The Morgan fingerprint density at radius 3 is 1.33 bits per heavy atom. The molecule has 0 bridgehead atoms. The molecule has 0 aromatic carbocycles. The van der Waals surface area contributed by atoms with E-state index in [1.165, 1.54) is 161 Å². The molecule has 0 aromatic rings. The zero-order chi connectivity index (χ0) is 42.3. The summed E-state index contributed by atoms with van der Waals surface area (Å²) in [6.07, 6.45) is 57.0. The van der Waals surface area contributed by atoms with Crippen LogP contribution in [0.4, 0.5) is 0 Å². The van der Waals surface area contributed by atoms with E-state index >= 15 is 0 Å². The first-order chi connectivity index (χ1) is 28.5. The summed E-state index contributed by atoms with van der Waals surface area (Å²) in [5.74, 6) is -0.138. The Bertz CT molecular complexity index is 946. The van der Waals surface area contributed by atoms with Crippen LogP contribution in [-0.2, 0) is 14.3 Å². The van der Waals surface area contributed by atoms with Crippen molar-refractivity contribution in [3.05, 3.63) is 36.5 Å². The van der Waals surface area contributed by atoms with E-state index in [0.29, 0.717) is 19.4 Å². The van der Waals surface area contributed by atoms with Crippen molar-refractivity contribution in [3.63, 3.8) is 0 Å². The Morgan fingerprint density at radius 2 is 0.862 bits per heavy atom. The molecule has 58 heavy (non-hydrogen) atoms. The highest BCUT2D eigenvalue weighted by atomic mass is 16.5. The Morgan fingerprint density at radius 1 is 0.483 bits per heavy atom. The largest absolute Gasteiger partial charge is 0.466 e. The quantitative estimate of drug-likeness (QED) is 0.0323. The highest BCUT2D eigenvalue weighted by Gasteiger charge is 2.18. The molecule has 0 aromatic heterocycles. The number of amides is 1. The van der Waals surface area contributed by atoms with Crippen molar-refractivity contribution in [2.24, 2.45) is 0 Å². The van der Waals surface area contributed by atoms with Crippen LogP contribution in [0.3, 0.4) is 0 Å². The van der Waals surface area contributed by atoms with E-state index in [-0.39, 0.29) is 18.5 Å². The van der Waals surface area contributed by atoms with Crippen LogP contribution >= 0.6 is 0 Å². The highest BCUT2D eigenvalue weighted by molar-refractivity contribution is 5.76. The molecule has 0 aliphatic carbocycles. The molecule has 6 heteroatoms. The lowest BCUT2D eigenvalue weighted by atomic mass is 10.0. The standard InChI is InChI=1S/C52H97NO5/c1-3-5-7-9-11-13-15-17-19-21-23-25-28-32-36-40-44-50(55)49(48-54)53-51(56)45-41-37-33-29-27-31-35-39-43-47-58-52(57)46-42-38-34-30-26-24-22-20-18-16-14-12-10-8-6-4-2/h14,16,20,22,40,44,49-50,54-55H,3-13,15,17-19,21,23-39,41-43,45-48H2,1-2H3,(H,53,56)/b16-14-,22-20-,44-40+. The maximum Gasteiger partial charge on any atom is 0.305 e. The number of ether oxygens (including phenoxy) is 1. The maximum atomic E-state index is 12.4. The Labute approximate surface area is 360 Å². The van der Waals surface area contributed by atoms with E-state index in [1.807, 2.05) is 6.08 Å². The van der Waals surface area contributed by atoms with Crippen molar-refractivity contribution in [2.75, 3.05) is 13.2 Å². The summed E-state index contributed by atoms with van der Waals surface area (Å²) in [6, 6.07) is -0.649. The van der Waals surface area contributed by atoms with Gasteiger partial charge in [0, 0.05) is 12.8 Å². The molecule has 0 heterocycles. The first-order valence-electron chi connectivity index (χ1n) is 25.3. The lowest BCUT2D eigenvalue weighted by Crippen LogP contribution is -2.45. The van der Waals surface area contributed by atoms with Gasteiger partial charge < -0.3 is 20.3 Å². The van der Waals surface area contributed by atoms with Crippen LogP contribution in [0, 0.1) is 0 Å². The van der Waals surface area contributed by atoms with Gasteiger partial charge in [-0.1, -0.05) is 217 Å². The van der Waals surface area contributed by atoms with Gasteiger partial charge in [0.25, 0.3) is 0 Å². The number of allylic oxidation sites excluding steroid dienone is 5. The van der Waals surface area contributed by atoms with Gasteiger partial charge in [0.2, 0.25) is 5.91 Å². The molecule has 0 aliphatic heterocycles. The van der Waals surface area contributed by atoms with E-state index in [9.17, 15) is 19.8 Å². The zero-order valence-corrected chi connectivity index (χ0v) is 38.5. The maximum absolute atomic E-state index is 12.4. The molecule has 340 valence electrons. The fourth-order valence-electron chi connectivity index (χ4n) is 7.49. The summed E-state index contributed by atoms with van der Waals surface area (Å²) in [5, 5.41) is 23.0. The lowest BCUT2D eigenvalue weighted by Gasteiger charge is -2.20. The van der Waals surface area contributed by atoms with Gasteiger partial charge in [0.1, 0.15) is 0 Å². The Kier molecular flexibility index (Phi) is 46.2. The van der Waals surface area contributed by atoms with E-state index in [4.69, 9.17) is 4.74 Å². The Hall–Kier alpha value is -1.92. The van der Waals surface area contributed by atoms with Gasteiger partial charge in [0.15, 0.2) is 0 Å². The minimum absolute atomic E-state index is 0.0412. The third kappa shape index (κ3) is 43.7. The van der Waals surface area contributed by atoms with Crippen LogP contribution < -0.4 is 5.32 Å². The summed E-state index contributed by atoms with van der Waals surface area (Å²) in [7, 11) is 0. The smallest absolute Gasteiger partial charge is 0.305 e. The minimum atomic E-state index is -0.863. The van der Waals surface area contributed by atoms with Gasteiger partial charge in [-0.15, -0.1) is 0 Å². The lowest BCUT2D eigenvalue weighted by molar-refractivity contribution is -0.143. The van der Waals surface area contributed by atoms with Crippen molar-refractivity contribution >= 4 is 11.9 Å². The second-order valence-electron chi connectivity index (χ2n) is 17.1. The molecular weight excluding hydrogens is 719 g/mol. The first kappa shape index (κ1) is 56.1. The molecular formula is C52H97NO5. The molecule has 0 saturated carbocycles. The molecule has 2 atom stereocenters. The minimum Gasteiger partial charge on any atom is -0.466 e. The van der Waals surface area contributed by atoms with Crippen LogP contribution in [0.15, 0.2) is 36.5 Å². The van der Waals surface area contributed by atoms with Crippen LogP contribution in [0.5, 0.6) is 0 Å². The van der Waals surface area contributed by atoms with E-state index < -0.39 is 12.1 Å². The second-order valence-corrected chi connectivity index (χ2v) is 17.1. The molecule has 0 saturated heterocycles. The summed E-state index contributed by atoms with van der Waals surface area (Å²) < 4.78 is 5.44. The van der Waals surface area contributed by atoms with Gasteiger partial charge in [-0.2, -0.15) is 0 Å². The van der Waals surface area contributed by atoms with Gasteiger partial charge in [0.05, 0.1) is 25.4 Å². The van der Waals surface area contributed by atoms with Gasteiger partial charge >= 0.3 is 5.97 Å². The number of aliphatic hydroxyl groups is 2. The number of hydrogen-bond acceptors (Lipinski definition) is 5. The summed E-state index contributed by atoms with van der Waals surface area (Å²) >= 11 is 0. The van der Waals surface area contributed by atoms with Crippen LogP contribution in [0.25, 0.3) is 0 Å². The predicted octanol–water partition coefficient (Wildman–Crippen LogP) is 14.9. The Balaban J connectivity index is 3.55. The number of carbonyl (C=O) groups excluding carboxylic acids is 2. The molecule has 6 nitrogen and oxygen atoms in total. The first-order valence-corrected chi connectivity index (χ1v) is 25.3. The number of aliphatic hydroxyl groups excluding tert-OH is 2. The molecule has 0 rings (SSSR count). The molecule has 2 unspecified atom stereocenters. The van der Waals surface area contributed by atoms with Gasteiger partial charge in [-0.25, -0.2) is 0 Å². The van der Waals surface area contributed by atoms with Crippen LogP contribution in [0.1, 0.15) is 258 Å². The third-order valence-corrected chi connectivity index (χ3v) is 11.4. The fourth-order valence-corrected chi connectivity index (χ4v) is 7.49. The molecule has 0 radical (unpaired) electrons. The second kappa shape index (κ2) is 47.8. The average molecular weight is 816 g/mol. The number of hydrogen-bond donors (Lipinski definition) is 3. The SMILES string of the molecule is CCCCCC/C=C\C/C=C\CCCCCCCC(=O)OCCCCCCCCCCCC(=O)NC(CO)C(O)/C=C/CCCCCCCCCCCCCCCC. The molecule has 0 spiro atoms. The zero-order valence-electron chi connectivity index (χ0n) is 38.5. The topological polar surface area (TPSA) is 95.9 Å². The third-order valence-electron chi connectivity index (χ3n) is 11.4. The van der Waals surface area contributed by atoms with Crippen molar-refractivity contribution in [3.8, 4) is 0 Å². The molecule has 3 N–H and O–H groups in total. The summed E-state index contributed by atoms with van der Waals surface area (Å²) in [6.45, 7) is 4.81. The van der Waals surface area contributed by atoms with Crippen molar-refractivity contribution in [2.45, 2.75) is 270 Å². The van der Waals surface area contributed by atoms with E-state index in [1.54, 1.807) is 6.08 Å². The molecule has 0 fully saturated rings. The normalized spacial score (nSPS) is 13.0. The van der Waals surface area contributed by atoms with Crippen LogP contribution in [0.2, 0.25) is 0 Å². The fraction of sp³-hybridized carbons (Fsp3) is 0.846. The van der Waals surface area contributed by atoms with Crippen LogP contribution in [-0.4, -0.2) is 47.4 Å². The highest BCUT2D eigenvalue weighted by Crippen LogP contribution is 2.15. The van der Waals surface area contributed by atoms with Crippen molar-refractivity contribution in [1.82, 2.24) is 5.32 Å². The summed E-state index contributed by atoms with van der Waals surface area (Å²) in [5.41, 5.74) is 0. The number of esters is 1. The molecule has 1 amide bonds. The molecule has 0 aliphatic rings. The van der Waals surface area contributed by atoms with E-state index in [2.05, 4.69) is 43.5 Å². The number of carbonyl (C=O) groups is 2. The predicted molar refractivity (Wildman–Crippen MR) is 250 cm³/mol. The average Bonchev–Trinajstić information content (AvgIpc) is 3.22. The van der Waals surface area contributed by atoms with Crippen molar-refractivity contribution < 1.29 is 24.5 Å². The number of unbranched alkanes of at least 4 members (excludes halogenated alkanes) is 31. The summed E-state index contributed by atoms with van der Waals surface area (Å²) in [4.78, 5) is 24.5. The van der Waals surface area contributed by atoms with E-state index in [0.717, 1.165) is 70.6 Å². The number of nitrogens with one attached hydrogen (secondary N) is 1. The van der Waals surface area contributed by atoms with Gasteiger partial charge in [-0.05, 0) is 64.2 Å². The monoisotopic (exact) mass is 816 g/mol. The van der Waals surface area contributed by atoms with Crippen molar-refractivity contribution in [1.29, 1.82) is 0 Å².